The molecule has 0 aromatic heterocycles. The Morgan fingerprint density at radius 3 is 1.06 bits per heavy atom. The largest absolute Gasteiger partial charge is 0.396 e. The summed E-state index contributed by atoms with van der Waals surface area (Å²) in [6.45, 7) is 2.63. The van der Waals surface area contributed by atoms with Crippen LogP contribution in [-0.2, 0) is 28.4 Å². The van der Waals surface area contributed by atoms with Gasteiger partial charge in [0.05, 0.1) is 51.3 Å². The highest BCUT2D eigenvalue weighted by Crippen LogP contribution is 2.27. The van der Waals surface area contributed by atoms with Crippen LogP contribution >= 0.6 is 0 Å². The fraction of sp³-hybridized carbons (Fsp3) is 0.586. The van der Waals surface area contributed by atoms with Crippen molar-refractivity contribution in [1.82, 2.24) is 0 Å². The van der Waals surface area contributed by atoms with Gasteiger partial charge in [0.15, 0.2) is 18.9 Å². The lowest BCUT2D eigenvalue weighted by Crippen LogP contribution is -2.59. The second-order valence-electron chi connectivity index (χ2n) is 16.7. The molecular formula is C58H72O21. The zero-order chi connectivity index (χ0) is 58.8. The van der Waals surface area contributed by atoms with Gasteiger partial charge in [-0.2, -0.15) is 0 Å². The van der Waals surface area contributed by atoms with Crippen molar-refractivity contribution in [3.63, 3.8) is 0 Å². The minimum absolute atomic E-state index is 0.125. The van der Waals surface area contributed by atoms with E-state index in [1.165, 1.54) is 0 Å². The minimum Gasteiger partial charge on any atom is -0.396 e. The first-order chi connectivity index (χ1) is 38.1. The number of rotatable bonds is 21. The monoisotopic (exact) mass is 1100 g/mol. The molecule has 0 aromatic rings. The summed E-state index contributed by atoms with van der Waals surface area (Å²) in [5.74, 6) is 52.0. The summed E-state index contributed by atoms with van der Waals surface area (Å²) >= 11 is 0. The average molecular weight is 1110 g/mol. The highest BCUT2D eigenvalue weighted by molar-refractivity contribution is 5.40. The zero-order valence-electron chi connectivity index (χ0n) is 44.1. The molecule has 0 amide bonds. The van der Waals surface area contributed by atoms with Crippen molar-refractivity contribution >= 4 is 0 Å². The standard InChI is InChI=1S/C20H26O7.C19H24O7.C19H22O7/c1-2-3-4-5-6-7-8-9-10-11-15(12-13-21)26-20-19(25)18(24)17(23)16(14-22)27-20;2*1-2-3-4-5-6-7-8-9-10-11-14(12-20)25-19-18(24)17(23)16(22)15(13-21)26-19/h8-9,15-25H,10-14H2,1H3;8-9,14-24H,10-13H2,1H3;14-24H,10-13H2,1H3/b2*9-8+;. The fourth-order valence-electron chi connectivity index (χ4n) is 6.72. The van der Waals surface area contributed by atoms with E-state index in [-0.39, 0.29) is 19.8 Å². The van der Waals surface area contributed by atoms with Gasteiger partial charge < -0.3 is 105 Å². The Balaban J connectivity index is 0.000000593. The normalized spacial score (nSPS) is 28.4. The second kappa shape index (κ2) is 44.0. The van der Waals surface area contributed by atoms with Crippen LogP contribution in [0.4, 0.5) is 0 Å². The first kappa shape index (κ1) is 71.3. The van der Waals surface area contributed by atoms with Crippen molar-refractivity contribution in [3.8, 4) is 118 Å². The van der Waals surface area contributed by atoms with Gasteiger partial charge in [-0.3, -0.25) is 0 Å². The van der Waals surface area contributed by atoms with Crippen molar-refractivity contribution in [2.75, 3.05) is 39.6 Å². The van der Waals surface area contributed by atoms with Crippen LogP contribution in [0.25, 0.3) is 0 Å². The maximum absolute atomic E-state index is 10.0. The Labute approximate surface area is 462 Å². The van der Waals surface area contributed by atoms with Gasteiger partial charge in [-0.15, -0.1) is 0 Å². The van der Waals surface area contributed by atoms with Crippen molar-refractivity contribution in [2.24, 2.45) is 0 Å². The highest BCUT2D eigenvalue weighted by atomic mass is 16.7. The molecule has 18 unspecified atom stereocenters. The topological polar surface area (TPSA) is 359 Å². The van der Waals surface area contributed by atoms with Crippen LogP contribution in [0.1, 0.15) is 65.7 Å². The summed E-state index contributed by atoms with van der Waals surface area (Å²) in [4.78, 5) is 0. The SMILES string of the molecule is CC#CC#CC#C/C=C/CCC(CCO)OC1OC(CO)C(O)C(O)C1O.CC#CC#CC#C/C=C/CCC(CO)OC1OC(CO)C(O)C(O)C1O.CC#CC#CC#CC#CCCC(CO)OC1OC(CO)C(O)C(O)C1O. The minimum atomic E-state index is -1.53. The van der Waals surface area contributed by atoms with E-state index in [2.05, 4.69) is 118 Å². The van der Waals surface area contributed by atoms with Gasteiger partial charge in [-0.25, -0.2) is 0 Å². The van der Waals surface area contributed by atoms with E-state index in [4.69, 9.17) is 38.6 Å². The van der Waals surface area contributed by atoms with E-state index in [9.17, 15) is 66.4 Å². The van der Waals surface area contributed by atoms with Gasteiger partial charge >= 0.3 is 0 Å². The third-order valence-corrected chi connectivity index (χ3v) is 11.0. The number of hydrogen-bond donors (Lipinski definition) is 15. The summed E-state index contributed by atoms with van der Waals surface area (Å²) < 4.78 is 32.3. The van der Waals surface area contributed by atoms with Crippen LogP contribution < -0.4 is 0 Å². The van der Waals surface area contributed by atoms with Gasteiger partial charge in [-0.1, -0.05) is 47.7 Å². The number of aliphatic hydroxyl groups is 15. The maximum Gasteiger partial charge on any atom is 0.187 e. The first-order valence-electron chi connectivity index (χ1n) is 24.9. The highest BCUT2D eigenvalue weighted by Gasteiger charge is 2.47. The van der Waals surface area contributed by atoms with Crippen LogP contribution in [0.5, 0.6) is 0 Å². The Kier molecular flexibility index (Phi) is 39.7. The van der Waals surface area contributed by atoms with E-state index in [0.717, 1.165) is 0 Å². The third-order valence-electron chi connectivity index (χ3n) is 11.0. The molecule has 79 heavy (non-hydrogen) atoms. The summed E-state index contributed by atoms with van der Waals surface area (Å²) in [5.41, 5.74) is 0. The van der Waals surface area contributed by atoms with Crippen molar-refractivity contribution in [1.29, 1.82) is 0 Å². The molecule has 0 radical (unpaired) electrons. The third kappa shape index (κ3) is 28.3. The van der Waals surface area contributed by atoms with Gasteiger partial charge in [0.2, 0.25) is 0 Å². The van der Waals surface area contributed by atoms with Gasteiger partial charge in [0.1, 0.15) is 73.2 Å². The van der Waals surface area contributed by atoms with E-state index in [1.807, 2.05) is 6.08 Å². The van der Waals surface area contributed by atoms with E-state index in [0.29, 0.717) is 44.9 Å². The molecule has 3 aliphatic rings. The molecule has 3 saturated heterocycles. The molecule has 0 saturated carbocycles. The van der Waals surface area contributed by atoms with Crippen LogP contribution in [0.3, 0.4) is 0 Å². The predicted molar refractivity (Wildman–Crippen MR) is 283 cm³/mol. The molecule has 3 fully saturated rings. The Hall–Kier alpha value is -5.76. The lowest BCUT2D eigenvalue weighted by atomic mass is 9.99. The molecule has 21 nitrogen and oxygen atoms in total. The summed E-state index contributed by atoms with van der Waals surface area (Å²) in [5, 5.41) is 144. The molecule has 0 spiro atoms. The Morgan fingerprint density at radius 2 is 0.709 bits per heavy atom. The number of aliphatic hydroxyl groups excluding tert-OH is 15. The molecule has 15 N–H and O–H groups in total. The molecule has 3 rings (SSSR count). The van der Waals surface area contributed by atoms with E-state index < -0.39 is 130 Å². The van der Waals surface area contributed by atoms with Gasteiger partial charge in [0, 0.05) is 13.0 Å². The van der Waals surface area contributed by atoms with Crippen LogP contribution in [0, 0.1) is 118 Å². The van der Waals surface area contributed by atoms with Gasteiger partial charge in [0.25, 0.3) is 0 Å². The number of allylic oxidation sites excluding steroid dienone is 4. The second-order valence-corrected chi connectivity index (χ2v) is 16.7. The van der Waals surface area contributed by atoms with E-state index >= 15 is 0 Å². The summed E-state index contributed by atoms with van der Waals surface area (Å²) in [6.07, 6.45) is -12.2. The molecule has 0 aliphatic carbocycles. The van der Waals surface area contributed by atoms with Crippen LogP contribution in [0.2, 0.25) is 0 Å². The first-order valence-corrected chi connectivity index (χ1v) is 24.9. The van der Waals surface area contributed by atoms with E-state index in [1.54, 1.807) is 39.0 Å². The van der Waals surface area contributed by atoms with Crippen molar-refractivity contribution in [2.45, 2.75) is 176 Å². The van der Waals surface area contributed by atoms with Crippen LogP contribution in [-0.4, -0.2) is 227 Å². The molecule has 0 bridgehead atoms. The molecule has 3 aliphatic heterocycles. The summed E-state index contributed by atoms with van der Waals surface area (Å²) in [7, 11) is 0. The molecule has 18 atom stereocenters. The lowest BCUT2D eigenvalue weighted by molar-refractivity contribution is -0.313. The van der Waals surface area contributed by atoms with Crippen LogP contribution in [0.15, 0.2) is 24.3 Å². The number of ether oxygens (including phenoxy) is 6. The Morgan fingerprint density at radius 1 is 0.380 bits per heavy atom. The van der Waals surface area contributed by atoms with Gasteiger partial charge in [-0.05, 0) is 154 Å². The summed E-state index contributed by atoms with van der Waals surface area (Å²) in [6, 6.07) is 0. The van der Waals surface area contributed by atoms with Crippen molar-refractivity contribution < 1.29 is 105 Å². The quantitative estimate of drug-likeness (QED) is 0.0481. The fourth-order valence-corrected chi connectivity index (χ4v) is 6.72. The lowest BCUT2D eigenvalue weighted by Gasteiger charge is -2.40. The molecular weight excluding hydrogens is 1030 g/mol. The predicted octanol–water partition coefficient (Wildman–Crippen LogP) is -4.57. The molecule has 3 heterocycles. The van der Waals surface area contributed by atoms with Crippen molar-refractivity contribution in [3.05, 3.63) is 24.3 Å². The smallest absolute Gasteiger partial charge is 0.187 e. The molecule has 0 aromatic carbocycles. The maximum atomic E-state index is 10.0. The molecule has 21 heteroatoms. The Bertz CT molecular complexity index is 2480. The zero-order valence-corrected chi connectivity index (χ0v) is 44.1. The number of hydrogen-bond acceptors (Lipinski definition) is 21. The average Bonchev–Trinajstić information content (AvgIpc) is 3.47. The molecule has 430 valence electrons.